The lowest BCUT2D eigenvalue weighted by Gasteiger charge is -2.27. The van der Waals surface area contributed by atoms with Gasteiger partial charge in [0.25, 0.3) is 0 Å². The van der Waals surface area contributed by atoms with E-state index < -0.39 is 38.3 Å². The first-order valence-corrected chi connectivity index (χ1v) is 9.97. The van der Waals surface area contributed by atoms with E-state index in [1.807, 2.05) is 0 Å². The van der Waals surface area contributed by atoms with E-state index in [4.69, 9.17) is 43.2 Å². The van der Waals surface area contributed by atoms with Crippen LogP contribution in [0.25, 0.3) is 0 Å². The fraction of sp³-hybridized carbons (Fsp3) is 0.778. The predicted octanol–water partition coefficient (Wildman–Crippen LogP) is 0.918. The summed E-state index contributed by atoms with van der Waals surface area (Å²) in [5.41, 5.74) is 0. The van der Waals surface area contributed by atoms with E-state index in [1.54, 1.807) is 0 Å². The molecule has 3 N–H and O–H groups in total. The summed E-state index contributed by atoms with van der Waals surface area (Å²) in [7, 11) is 4.27. The van der Waals surface area contributed by atoms with Crippen molar-refractivity contribution in [2.24, 2.45) is 5.92 Å². The molecule has 5 atom stereocenters. The number of methoxy groups -OCH3 is 1. The Morgan fingerprint density at radius 1 is 1.30 bits per heavy atom. The van der Waals surface area contributed by atoms with Crippen molar-refractivity contribution in [3.63, 3.8) is 0 Å². The molecule has 0 spiro atoms. The lowest BCUT2D eigenvalue weighted by atomic mass is 9.83. The van der Waals surface area contributed by atoms with Crippen LogP contribution in [0.5, 0.6) is 0 Å². The van der Waals surface area contributed by atoms with Crippen molar-refractivity contribution >= 4 is 34.0 Å². The second kappa shape index (κ2) is 7.14. The summed E-state index contributed by atoms with van der Waals surface area (Å²) in [6, 6.07) is 0. The zero-order valence-electron chi connectivity index (χ0n) is 11.0. The fourth-order valence-corrected chi connectivity index (χ4v) is 3.54. The van der Waals surface area contributed by atoms with Gasteiger partial charge in [0.05, 0.1) is 20.1 Å². The van der Waals surface area contributed by atoms with E-state index in [0.29, 0.717) is 6.42 Å². The zero-order valence-corrected chi connectivity index (χ0v) is 13.6. The van der Waals surface area contributed by atoms with E-state index in [-0.39, 0.29) is 0 Å². The van der Waals surface area contributed by atoms with Crippen molar-refractivity contribution in [2.45, 2.75) is 24.4 Å². The van der Waals surface area contributed by atoms with Crippen molar-refractivity contribution in [3.8, 4) is 0 Å². The van der Waals surface area contributed by atoms with Crippen molar-refractivity contribution in [1.82, 2.24) is 0 Å². The maximum Gasteiger partial charge on any atom is 0.348 e. The van der Waals surface area contributed by atoms with Gasteiger partial charge >= 0.3 is 14.3 Å². The maximum atomic E-state index is 10.9. The molecule has 0 aromatic carbocycles. The highest BCUT2D eigenvalue weighted by molar-refractivity contribution is 8.07. The van der Waals surface area contributed by atoms with Gasteiger partial charge in [0.1, 0.15) is 0 Å². The summed E-state index contributed by atoms with van der Waals surface area (Å²) >= 11 is 4.78. The molecule has 0 amide bonds. The van der Waals surface area contributed by atoms with Crippen LogP contribution in [-0.4, -0.2) is 49.0 Å². The van der Waals surface area contributed by atoms with E-state index in [1.165, 1.54) is 20.3 Å². The van der Waals surface area contributed by atoms with E-state index >= 15 is 0 Å². The highest BCUT2D eigenvalue weighted by Crippen LogP contribution is 2.51. The van der Waals surface area contributed by atoms with Gasteiger partial charge in [0.2, 0.25) is 0 Å². The van der Waals surface area contributed by atoms with Gasteiger partial charge in [-0.2, -0.15) is 0 Å². The molecule has 0 aliphatic heterocycles. The Hall–Kier alpha value is 0.445. The van der Waals surface area contributed by atoms with Gasteiger partial charge in [-0.1, -0.05) is 6.08 Å². The molecule has 0 bridgehead atoms. The minimum Gasteiger partial charge on any atom is -0.379 e. The average Bonchev–Trinajstić information content (AvgIpc) is 2.61. The summed E-state index contributed by atoms with van der Waals surface area (Å²) < 4.78 is 26.2. The Bertz CT molecular complexity index is 454. The molecule has 0 heterocycles. The van der Waals surface area contributed by atoms with Crippen LogP contribution in [-0.2, 0) is 30.2 Å². The monoisotopic (exact) mass is 342 g/mol. The van der Waals surface area contributed by atoms with Crippen molar-refractivity contribution < 1.29 is 33.0 Å². The first-order valence-electron chi connectivity index (χ1n) is 5.69. The molecule has 1 rings (SSSR count). The molecule has 7 nitrogen and oxygen atoms in total. The lowest BCUT2D eigenvalue weighted by molar-refractivity contribution is 0.00539. The number of ether oxygens (including phenoxy) is 1. The number of hydrogen-bond acceptors (Lipinski definition) is 5. The highest BCUT2D eigenvalue weighted by Gasteiger charge is 2.43. The Balaban J connectivity index is 2.94. The largest absolute Gasteiger partial charge is 0.379 e. The zero-order chi connectivity index (χ0) is 15.6. The Kier molecular flexibility index (Phi) is 6.60. The lowest BCUT2D eigenvalue weighted by Crippen LogP contribution is -2.30. The molecule has 11 heteroatoms. The molecule has 1 saturated carbocycles. The van der Waals surface area contributed by atoms with Crippen LogP contribution in [0.15, 0.2) is 11.9 Å². The summed E-state index contributed by atoms with van der Waals surface area (Å²) in [6.07, 6.45) is 0.424. The van der Waals surface area contributed by atoms with Gasteiger partial charge in [0.15, 0.2) is 0 Å². The number of rotatable bonds is 6. The van der Waals surface area contributed by atoms with Crippen LogP contribution in [0.2, 0.25) is 5.82 Å². The van der Waals surface area contributed by atoms with Gasteiger partial charge in [0, 0.05) is 26.0 Å². The van der Waals surface area contributed by atoms with E-state index in [0.717, 1.165) is 5.82 Å². The molecule has 1 aliphatic carbocycles. The van der Waals surface area contributed by atoms with E-state index in [9.17, 15) is 9.46 Å². The van der Waals surface area contributed by atoms with E-state index in [2.05, 4.69) is 0 Å². The molecule has 0 aromatic heterocycles. The molecule has 0 saturated heterocycles. The average molecular weight is 342 g/mol. The van der Waals surface area contributed by atoms with Crippen LogP contribution in [0, 0.1) is 5.92 Å². The summed E-state index contributed by atoms with van der Waals surface area (Å²) in [5, 5.41) is 0. The van der Waals surface area contributed by atoms with Crippen LogP contribution < -0.4 is 0 Å². The van der Waals surface area contributed by atoms with Crippen molar-refractivity contribution in [2.75, 3.05) is 14.2 Å². The molecular weight excluding hydrogens is 325 g/mol. The van der Waals surface area contributed by atoms with Crippen LogP contribution in [0.1, 0.15) is 6.42 Å². The van der Waals surface area contributed by atoms with Crippen LogP contribution in [0.3, 0.4) is 0 Å². The third kappa shape index (κ3) is 5.33. The Morgan fingerprint density at radius 3 is 2.35 bits per heavy atom. The normalized spacial score (nSPS) is 34.5. The molecule has 2 radical (unpaired) electrons. The van der Waals surface area contributed by atoms with Gasteiger partial charge in [-0.3, -0.25) is 4.57 Å². The molecule has 114 valence electrons. The quantitative estimate of drug-likeness (QED) is 0.483. The minimum absolute atomic E-state index is 0.388. The smallest absolute Gasteiger partial charge is 0.348 e. The second-order valence-corrected chi connectivity index (χ2v) is 8.79. The first-order chi connectivity index (χ1) is 9.09. The maximum absolute atomic E-state index is 10.9. The fourth-order valence-electron chi connectivity index (χ4n) is 2.12. The first kappa shape index (κ1) is 18.5. The minimum atomic E-state index is -4.28. The Morgan fingerprint density at radius 2 is 1.90 bits per heavy atom. The standard InChI is InChI=1S/C9H17BO7P2S/c1-15-9-7(10)5-6(3-4-18(11,12)13)8(9)17-19(14,20)16-2/h3-4,6-9H,5H2,1-2H3,(H,14,20)(H2,11,12,13)/b4-3+/t6-,7-,8+,9-,19?/m0/s1. The van der Waals surface area contributed by atoms with Crippen LogP contribution in [0.4, 0.5) is 0 Å². The molecule has 1 fully saturated rings. The Labute approximate surface area is 124 Å². The molecule has 1 aliphatic rings. The predicted molar refractivity (Wildman–Crippen MR) is 78.0 cm³/mol. The second-order valence-electron chi connectivity index (χ2n) is 4.42. The summed E-state index contributed by atoms with van der Waals surface area (Å²) in [6.45, 7) is -3.43. The SMILES string of the molecule is [B][C@H]1C[C@H](/C=C/P(=O)(O)O)[C@@H](OP(O)(=S)OC)[C@H]1OC. The van der Waals surface area contributed by atoms with Gasteiger partial charge < -0.3 is 28.5 Å². The van der Waals surface area contributed by atoms with Crippen molar-refractivity contribution in [3.05, 3.63) is 11.9 Å². The van der Waals surface area contributed by atoms with Gasteiger partial charge in [-0.25, -0.2) is 0 Å². The topological polar surface area (TPSA) is 105 Å². The highest BCUT2D eigenvalue weighted by atomic mass is 32.5. The van der Waals surface area contributed by atoms with Gasteiger partial charge in [-0.05, 0) is 24.0 Å². The molecular formula is C9H17BO7P2S. The van der Waals surface area contributed by atoms with Crippen LogP contribution >= 0.6 is 14.3 Å². The number of hydrogen-bond donors (Lipinski definition) is 3. The van der Waals surface area contributed by atoms with Gasteiger partial charge in [-0.15, -0.1) is 0 Å². The third-order valence-corrected chi connectivity index (χ3v) is 5.23. The van der Waals surface area contributed by atoms with Crippen molar-refractivity contribution in [1.29, 1.82) is 0 Å². The summed E-state index contributed by atoms with van der Waals surface area (Å²) in [4.78, 5) is 27.5. The third-order valence-electron chi connectivity index (χ3n) is 3.00. The molecule has 0 aromatic rings. The summed E-state index contributed by atoms with van der Waals surface area (Å²) in [5.74, 6) is -0.0533. The molecule has 1 unspecified atom stereocenters. The molecule has 20 heavy (non-hydrogen) atoms.